The highest BCUT2D eigenvalue weighted by Crippen LogP contribution is 2.26. The van der Waals surface area contributed by atoms with Crippen molar-refractivity contribution in [2.75, 3.05) is 26.0 Å². The molecule has 0 aromatic heterocycles. The fourth-order valence-corrected chi connectivity index (χ4v) is 3.13. The Balaban J connectivity index is 1.84. The molecule has 0 fully saturated rings. The Labute approximate surface area is 163 Å². The van der Waals surface area contributed by atoms with E-state index in [1.165, 1.54) is 5.56 Å². The van der Waals surface area contributed by atoms with Crippen molar-refractivity contribution in [3.05, 3.63) is 60.2 Å². The molecule has 0 spiro atoms. The molecule has 0 aliphatic rings. The van der Waals surface area contributed by atoms with E-state index in [2.05, 4.69) is 27.7 Å². The molecule has 0 saturated heterocycles. The van der Waals surface area contributed by atoms with Crippen LogP contribution in [0.25, 0.3) is 0 Å². The number of thiocarbonyl (C=S) groups is 1. The third-order valence-electron chi connectivity index (χ3n) is 3.88. The minimum Gasteiger partial charge on any atom is -0.361 e. The zero-order valence-corrected chi connectivity index (χ0v) is 16.4. The first kappa shape index (κ1) is 20.6. The summed E-state index contributed by atoms with van der Waals surface area (Å²) in [5.74, 6) is -2.41. The van der Waals surface area contributed by atoms with Gasteiger partial charge in [0.15, 0.2) is 5.11 Å². The van der Waals surface area contributed by atoms with Gasteiger partial charge >= 0.3 is 0 Å². The van der Waals surface area contributed by atoms with E-state index in [9.17, 15) is 8.78 Å². The maximum absolute atomic E-state index is 12.3. The number of anilines is 1. The van der Waals surface area contributed by atoms with Crippen LogP contribution in [0.5, 0.6) is 0 Å². The molecule has 2 aromatic rings. The molecule has 0 aliphatic heterocycles. The van der Waals surface area contributed by atoms with E-state index in [1.807, 2.05) is 32.3 Å². The molecule has 1 atom stereocenters. The third-order valence-corrected chi connectivity index (χ3v) is 4.85. The molecule has 26 heavy (non-hydrogen) atoms. The van der Waals surface area contributed by atoms with Crippen LogP contribution in [0.15, 0.2) is 59.5 Å². The maximum Gasteiger partial charge on any atom is 0.288 e. The van der Waals surface area contributed by atoms with E-state index in [0.29, 0.717) is 34.4 Å². The molecule has 0 aliphatic carbocycles. The van der Waals surface area contributed by atoms with E-state index >= 15 is 0 Å². The van der Waals surface area contributed by atoms with Gasteiger partial charge in [-0.25, -0.2) is 0 Å². The summed E-state index contributed by atoms with van der Waals surface area (Å²) in [4.78, 5) is 2.69. The number of nitrogens with one attached hydrogen (secondary N) is 2. The van der Waals surface area contributed by atoms with Crippen molar-refractivity contribution in [1.29, 1.82) is 0 Å². The number of hydrogen-bond donors (Lipinski definition) is 2. The van der Waals surface area contributed by atoms with Gasteiger partial charge < -0.3 is 15.5 Å². The summed E-state index contributed by atoms with van der Waals surface area (Å²) in [6.07, 6.45) is 0.920. The van der Waals surface area contributed by atoms with Crippen molar-refractivity contribution in [1.82, 2.24) is 10.2 Å². The minimum atomic E-state index is -2.41. The Morgan fingerprint density at radius 1 is 1.08 bits per heavy atom. The third kappa shape index (κ3) is 7.27. The van der Waals surface area contributed by atoms with Crippen molar-refractivity contribution in [2.24, 2.45) is 0 Å². The fourth-order valence-electron chi connectivity index (χ4n) is 2.43. The van der Waals surface area contributed by atoms with Crippen LogP contribution in [0.1, 0.15) is 5.56 Å². The van der Waals surface area contributed by atoms with Crippen molar-refractivity contribution < 1.29 is 8.78 Å². The van der Waals surface area contributed by atoms with Crippen LogP contribution in [0.3, 0.4) is 0 Å². The molecule has 3 nitrogen and oxygen atoms in total. The quantitative estimate of drug-likeness (QED) is 0.508. The van der Waals surface area contributed by atoms with Gasteiger partial charge in [0.25, 0.3) is 5.76 Å². The van der Waals surface area contributed by atoms with Gasteiger partial charge in [-0.2, -0.15) is 8.78 Å². The fraction of sp³-hybridized carbons (Fsp3) is 0.316. The van der Waals surface area contributed by atoms with Gasteiger partial charge in [0.2, 0.25) is 0 Å². The largest absolute Gasteiger partial charge is 0.361 e. The van der Waals surface area contributed by atoms with E-state index in [-0.39, 0.29) is 0 Å². The normalized spacial score (nSPS) is 12.2. The van der Waals surface area contributed by atoms with Crippen LogP contribution in [0.4, 0.5) is 14.5 Å². The number of likely N-dealkylation sites (N-methyl/N-ethyl adjacent to an activating group) is 1. The highest BCUT2D eigenvalue weighted by atomic mass is 32.2. The second-order valence-electron chi connectivity index (χ2n) is 6.05. The standard InChI is InChI=1S/C19H23F2N3S2/c1-24(2)16(12-14-6-4-3-5-7-14)13-22-19(25)23-15-8-10-17(11-9-15)26-18(20)21/h3-11,16,18H,12-13H2,1-2H3,(H2,22,23,25)/t16-/m1/s1. The summed E-state index contributed by atoms with van der Waals surface area (Å²) in [5, 5.41) is 6.83. The summed E-state index contributed by atoms with van der Waals surface area (Å²) in [6.45, 7) is 0.701. The first-order valence-electron chi connectivity index (χ1n) is 8.24. The van der Waals surface area contributed by atoms with Crippen LogP contribution in [-0.4, -0.2) is 42.5 Å². The van der Waals surface area contributed by atoms with E-state index in [4.69, 9.17) is 12.2 Å². The van der Waals surface area contributed by atoms with E-state index < -0.39 is 5.76 Å². The number of rotatable bonds is 8. The van der Waals surface area contributed by atoms with Crippen LogP contribution >= 0.6 is 24.0 Å². The minimum absolute atomic E-state index is 0.293. The Morgan fingerprint density at radius 2 is 1.73 bits per heavy atom. The van der Waals surface area contributed by atoms with Crippen molar-refractivity contribution in [3.8, 4) is 0 Å². The highest BCUT2D eigenvalue weighted by molar-refractivity contribution is 7.99. The number of hydrogen-bond acceptors (Lipinski definition) is 3. The zero-order chi connectivity index (χ0) is 18.9. The molecule has 2 aromatic carbocycles. The second-order valence-corrected chi connectivity index (χ2v) is 7.52. The topological polar surface area (TPSA) is 27.3 Å². The molecule has 7 heteroatoms. The van der Waals surface area contributed by atoms with Gasteiger partial charge in [-0.15, -0.1) is 0 Å². The monoisotopic (exact) mass is 395 g/mol. The summed E-state index contributed by atoms with van der Waals surface area (Å²) < 4.78 is 24.7. The lowest BCUT2D eigenvalue weighted by molar-refractivity contribution is 0.252. The van der Waals surface area contributed by atoms with Crippen LogP contribution in [-0.2, 0) is 6.42 Å². The number of nitrogens with zero attached hydrogens (tertiary/aromatic N) is 1. The molecule has 2 rings (SSSR count). The van der Waals surface area contributed by atoms with E-state index in [1.54, 1.807) is 24.3 Å². The Bertz CT molecular complexity index is 679. The SMILES string of the molecule is CN(C)[C@@H](CNC(=S)Nc1ccc(SC(F)F)cc1)Cc1ccccc1. The molecule has 2 N–H and O–H groups in total. The maximum atomic E-state index is 12.3. The van der Waals surface area contributed by atoms with Gasteiger partial charge in [-0.3, -0.25) is 0 Å². The van der Waals surface area contributed by atoms with Crippen LogP contribution in [0, 0.1) is 0 Å². The van der Waals surface area contributed by atoms with E-state index in [0.717, 1.165) is 12.1 Å². The molecule has 0 heterocycles. The molecule has 0 amide bonds. The lowest BCUT2D eigenvalue weighted by atomic mass is 10.1. The second kappa shape index (κ2) is 10.4. The predicted molar refractivity (Wildman–Crippen MR) is 110 cm³/mol. The summed E-state index contributed by atoms with van der Waals surface area (Å²) in [5.41, 5.74) is 2.05. The summed E-state index contributed by atoms with van der Waals surface area (Å²) in [7, 11) is 4.09. The Kier molecular flexibility index (Phi) is 8.28. The Hall–Kier alpha value is -1.70. The highest BCUT2D eigenvalue weighted by Gasteiger charge is 2.13. The molecular formula is C19H23F2N3S2. The van der Waals surface area contributed by atoms with Crippen molar-refractivity contribution in [2.45, 2.75) is 23.1 Å². The molecule has 0 bridgehead atoms. The molecular weight excluding hydrogens is 372 g/mol. The number of benzene rings is 2. The van der Waals surface area contributed by atoms with Crippen LogP contribution in [0.2, 0.25) is 0 Å². The van der Waals surface area contributed by atoms with Crippen LogP contribution < -0.4 is 10.6 Å². The zero-order valence-electron chi connectivity index (χ0n) is 14.8. The molecule has 0 saturated carbocycles. The summed E-state index contributed by atoms with van der Waals surface area (Å²) >= 11 is 5.87. The van der Waals surface area contributed by atoms with Crippen molar-refractivity contribution >= 4 is 34.8 Å². The van der Waals surface area contributed by atoms with Gasteiger partial charge in [0, 0.05) is 23.2 Å². The lowest BCUT2D eigenvalue weighted by Crippen LogP contribution is -2.42. The molecule has 0 radical (unpaired) electrons. The molecule has 0 unspecified atom stereocenters. The average Bonchev–Trinajstić information content (AvgIpc) is 2.60. The van der Waals surface area contributed by atoms with Gasteiger partial charge in [0.05, 0.1) is 0 Å². The Morgan fingerprint density at radius 3 is 2.31 bits per heavy atom. The van der Waals surface area contributed by atoms with Gasteiger partial charge in [-0.1, -0.05) is 42.1 Å². The first-order chi connectivity index (χ1) is 12.4. The molecule has 140 valence electrons. The number of thioether (sulfide) groups is 1. The summed E-state index contributed by atoms with van der Waals surface area (Å²) in [6, 6.07) is 17.4. The first-order valence-corrected chi connectivity index (χ1v) is 9.53. The van der Waals surface area contributed by atoms with Crippen molar-refractivity contribution in [3.63, 3.8) is 0 Å². The van der Waals surface area contributed by atoms with Gasteiger partial charge in [-0.05, 0) is 62.6 Å². The predicted octanol–water partition coefficient (Wildman–Crippen LogP) is 4.46. The smallest absolute Gasteiger partial charge is 0.288 e. The lowest BCUT2D eigenvalue weighted by Gasteiger charge is -2.25. The number of alkyl halides is 2. The number of halogens is 2. The average molecular weight is 396 g/mol. The van der Waals surface area contributed by atoms with Gasteiger partial charge in [0.1, 0.15) is 0 Å².